The Morgan fingerprint density at radius 1 is 1.24 bits per heavy atom. The van der Waals surface area contributed by atoms with Gasteiger partial charge in [-0.15, -0.1) is 0 Å². The molecule has 0 N–H and O–H groups in total. The first kappa shape index (κ1) is 18.0. The molecule has 6 rings (SSSR count). The largest absolute Gasteiger partial charge is 0.272 e. The first-order chi connectivity index (χ1) is 14.0. The molecule has 0 radical (unpaired) electrons. The van der Waals surface area contributed by atoms with Crippen LogP contribution in [0.15, 0.2) is 35.6 Å². The number of fused-ring (bicyclic) bond motifs is 1. The Balaban J connectivity index is 1.33. The lowest BCUT2D eigenvalue weighted by Crippen LogP contribution is -2.45. The molecule has 3 saturated carbocycles. The molecule has 2 aromatic rings. The fourth-order valence-corrected chi connectivity index (χ4v) is 5.28. The van der Waals surface area contributed by atoms with Crippen LogP contribution in [-0.4, -0.2) is 26.9 Å². The summed E-state index contributed by atoms with van der Waals surface area (Å²) in [6.45, 7) is 0.622. The van der Waals surface area contributed by atoms with Gasteiger partial charge in [0.25, 0.3) is 0 Å². The Bertz CT molecular complexity index is 1030. The molecule has 0 spiro atoms. The number of hydrogen-bond donors (Lipinski definition) is 0. The van der Waals surface area contributed by atoms with E-state index < -0.39 is 23.1 Å². The third-order valence-corrected chi connectivity index (χ3v) is 6.63. The van der Waals surface area contributed by atoms with E-state index in [0.717, 1.165) is 25.3 Å². The van der Waals surface area contributed by atoms with Gasteiger partial charge in [-0.2, -0.15) is 15.5 Å². The minimum Gasteiger partial charge on any atom is -0.272 e. The lowest BCUT2D eigenvalue weighted by Gasteiger charge is -2.40. The number of nitrogens with zero attached hydrogens (tertiary/aromatic N) is 5. The van der Waals surface area contributed by atoms with Crippen LogP contribution in [0.4, 0.5) is 8.78 Å². The predicted octanol–water partition coefficient (Wildman–Crippen LogP) is 3.41. The van der Waals surface area contributed by atoms with E-state index in [4.69, 9.17) is 0 Å². The Morgan fingerprint density at radius 3 is 2.72 bits per heavy atom. The molecular weight excluding hydrogens is 376 g/mol. The van der Waals surface area contributed by atoms with E-state index in [1.54, 1.807) is 23.2 Å². The molecular formula is C21H19F2N5O. The molecule has 4 aliphatic rings. The topological polar surface area (TPSA) is 74.3 Å². The quantitative estimate of drug-likeness (QED) is 0.796. The summed E-state index contributed by atoms with van der Waals surface area (Å²) < 4.78 is 29.0. The van der Waals surface area contributed by atoms with Crippen LogP contribution >= 0.6 is 0 Å². The van der Waals surface area contributed by atoms with E-state index in [1.807, 2.05) is 0 Å². The number of aromatic nitrogens is 2. The molecule has 1 aromatic heterocycles. The third-order valence-electron chi connectivity index (χ3n) is 6.63. The molecule has 1 aromatic carbocycles. The second-order valence-corrected chi connectivity index (χ2v) is 8.33. The number of benzene rings is 1. The highest BCUT2D eigenvalue weighted by molar-refractivity contribution is 5.86. The van der Waals surface area contributed by atoms with Crippen LogP contribution in [0.2, 0.25) is 0 Å². The van der Waals surface area contributed by atoms with Gasteiger partial charge in [0.05, 0.1) is 17.7 Å². The van der Waals surface area contributed by atoms with Crippen molar-refractivity contribution in [2.75, 3.05) is 0 Å². The number of carbonyl (C=O) groups is 1. The normalized spacial score (nSPS) is 29.7. The summed E-state index contributed by atoms with van der Waals surface area (Å²) in [7, 11) is 0. The number of hydrazone groups is 1. The van der Waals surface area contributed by atoms with Crippen molar-refractivity contribution in [1.29, 1.82) is 5.26 Å². The summed E-state index contributed by atoms with van der Waals surface area (Å²) in [5.41, 5.74) is 0.471. The first-order valence-corrected chi connectivity index (χ1v) is 9.73. The van der Waals surface area contributed by atoms with Gasteiger partial charge >= 0.3 is 0 Å². The van der Waals surface area contributed by atoms with Gasteiger partial charge in [0.2, 0.25) is 5.91 Å². The molecule has 0 saturated heterocycles. The van der Waals surface area contributed by atoms with Crippen molar-refractivity contribution in [2.45, 2.75) is 38.3 Å². The van der Waals surface area contributed by atoms with Crippen LogP contribution in [0.5, 0.6) is 0 Å². The summed E-state index contributed by atoms with van der Waals surface area (Å²) in [6, 6.07) is 6.70. The Labute approximate surface area is 166 Å². The maximum Gasteiger partial charge on any atom is 0.249 e. The number of rotatable bonds is 4. The Hall–Kier alpha value is -3.08. The zero-order chi connectivity index (χ0) is 20.2. The van der Waals surface area contributed by atoms with Gasteiger partial charge in [0, 0.05) is 25.2 Å². The van der Waals surface area contributed by atoms with Crippen molar-refractivity contribution in [3.8, 4) is 6.07 Å². The van der Waals surface area contributed by atoms with Crippen LogP contribution in [0, 0.1) is 40.2 Å². The molecule has 2 atom stereocenters. The van der Waals surface area contributed by atoms with E-state index in [2.05, 4.69) is 16.3 Å². The summed E-state index contributed by atoms with van der Waals surface area (Å²) in [4.78, 5) is 13.4. The predicted molar refractivity (Wildman–Crippen MR) is 99.3 cm³/mol. The summed E-state index contributed by atoms with van der Waals surface area (Å²) >= 11 is 0. The molecule has 8 heteroatoms. The van der Waals surface area contributed by atoms with Gasteiger partial charge < -0.3 is 0 Å². The molecule has 29 heavy (non-hydrogen) atoms. The van der Waals surface area contributed by atoms with Crippen LogP contribution in [0.1, 0.15) is 43.0 Å². The van der Waals surface area contributed by atoms with Crippen molar-refractivity contribution in [1.82, 2.24) is 14.8 Å². The first-order valence-electron chi connectivity index (χ1n) is 9.73. The minimum absolute atomic E-state index is 0.0689. The number of hydrogen-bond acceptors (Lipinski definition) is 4. The van der Waals surface area contributed by atoms with Gasteiger partial charge in [-0.1, -0.05) is 0 Å². The zero-order valence-corrected chi connectivity index (χ0v) is 15.6. The second-order valence-electron chi connectivity index (χ2n) is 8.33. The van der Waals surface area contributed by atoms with Crippen molar-refractivity contribution >= 4 is 12.1 Å². The molecule has 1 unspecified atom stereocenters. The van der Waals surface area contributed by atoms with E-state index in [0.29, 0.717) is 30.1 Å². The van der Waals surface area contributed by atoms with Crippen LogP contribution in [-0.2, 0) is 11.3 Å². The molecule has 148 valence electrons. The Morgan fingerprint density at radius 2 is 2.00 bits per heavy atom. The van der Waals surface area contributed by atoms with Crippen molar-refractivity contribution in [2.24, 2.45) is 22.4 Å². The SMILES string of the molecule is N#Cc1ccnn1C[C@@H]1CC2(C(=O)N3N=CCC3c3cc(F)cc(F)c3)CC1C2. The van der Waals surface area contributed by atoms with Gasteiger partial charge in [-0.25, -0.2) is 13.8 Å². The van der Waals surface area contributed by atoms with Gasteiger partial charge in [-0.3, -0.25) is 9.48 Å². The number of nitriles is 1. The smallest absolute Gasteiger partial charge is 0.249 e. The molecule has 3 aliphatic carbocycles. The average Bonchev–Trinajstić information content (AvgIpc) is 3.42. The highest BCUT2D eigenvalue weighted by atomic mass is 19.1. The number of halogens is 2. The van der Waals surface area contributed by atoms with E-state index in [1.165, 1.54) is 17.1 Å². The van der Waals surface area contributed by atoms with E-state index >= 15 is 0 Å². The van der Waals surface area contributed by atoms with Crippen LogP contribution < -0.4 is 0 Å². The van der Waals surface area contributed by atoms with Crippen molar-refractivity contribution in [3.63, 3.8) is 0 Å². The van der Waals surface area contributed by atoms with Crippen LogP contribution in [0.3, 0.4) is 0 Å². The highest BCUT2D eigenvalue weighted by Crippen LogP contribution is 2.63. The summed E-state index contributed by atoms with van der Waals surface area (Å²) in [6.07, 6.45) is 5.98. The van der Waals surface area contributed by atoms with Gasteiger partial charge in [-0.05, 0) is 54.9 Å². The lowest BCUT2D eigenvalue weighted by molar-refractivity contribution is -0.148. The standard InChI is InChI=1S/C21H19F2N5O/c22-16-5-13(6-17(23)7-16)19-2-4-26-28(19)20(29)21-8-14(9-21)15(10-21)12-27-18(11-24)1-3-25-27/h1,3-7,14-15,19H,2,8-10,12H2/t14?,15-,19?,21?/m0/s1. The lowest BCUT2D eigenvalue weighted by atomic mass is 9.68. The van der Waals surface area contributed by atoms with Crippen molar-refractivity contribution in [3.05, 3.63) is 53.4 Å². The molecule has 2 bridgehead atoms. The van der Waals surface area contributed by atoms with Gasteiger partial charge in [0.1, 0.15) is 23.4 Å². The maximum absolute atomic E-state index is 13.7. The molecule has 1 aliphatic heterocycles. The molecule has 3 fully saturated rings. The minimum atomic E-state index is -0.658. The molecule has 6 nitrogen and oxygen atoms in total. The zero-order valence-electron chi connectivity index (χ0n) is 15.6. The number of amides is 1. The van der Waals surface area contributed by atoms with E-state index in [-0.39, 0.29) is 11.8 Å². The molecule has 1 amide bonds. The Kier molecular flexibility index (Phi) is 4.02. The monoisotopic (exact) mass is 395 g/mol. The average molecular weight is 395 g/mol. The molecule has 2 heterocycles. The summed E-state index contributed by atoms with van der Waals surface area (Å²) in [5, 5.41) is 19.1. The number of carbonyl (C=O) groups excluding carboxylic acids is 1. The van der Waals surface area contributed by atoms with Gasteiger partial charge in [0.15, 0.2) is 0 Å². The van der Waals surface area contributed by atoms with Crippen LogP contribution in [0.25, 0.3) is 0 Å². The van der Waals surface area contributed by atoms with E-state index in [9.17, 15) is 18.8 Å². The van der Waals surface area contributed by atoms with Crippen molar-refractivity contribution < 1.29 is 13.6 Å². The fourth-order valence-electron chi connectivity index (χ4n) is 5.28. The second kappa shape index (κ2) is 6.48. The third kappa shape index (κ3) is 2.84. The highest BCUT2D eigenvalue weighted by Gasteiger charge is 2.62. The fraction of sp³-hybridized carbons (Fsp3) is 0.429. The maximum atomic E-state index is 13.7. The summed E-state index contributed by atoms with van der Waals surface area (Å²) in [5.74, 6) is -0.682.